The van der Waals surface area contributed by atoms with Crippen LogP contribution in [0.2, 0.25) is 0 Å². The van der Waals surface area contributed by atoms with Crippen molar-refractivity contribution in [2.75, 3.05) is 26.3 Å². The van der Waals surface area contributed by atoms with Crippen molar-refractivity contribution >= 4 is 39.3 Å². The monoisotopic (exact) mass is 572 g/mol. The average molecular weight is 573 g/mol. The number of allylic oxidation sites excluding steroid dienone is 2. The van der Waals surface area contributed by atoms with E-state index in [4.69, 9.17) is 31.0 Å². The van der Waals surface area contributed by atoms with E-state index in [9.17, 15) is 14.3 Å². The maximum Gasteiger partial charge on any atom is 0.346 e. The van der Waals surface area contributed by atoms with Crippen molar-refractivity contribution in [1.82, 2.24) is 19.4 Å². The molecule has 6 rings (SSSR count). The Morgan fingerprint density at radius 1 is 1.26 bits per heavy atom. The number of ether oxygens (including phenoxy) is 2. The van der Waals surface area contributed by atoms with E-state index in [1.165, 1.54) is 17.4 Å². The predicted octanol–water partition coefficient (Wildman–Crippen LogP) is 5.53. The van der Waals surface area contributed by atoms with E-state index < -0.39 is 5.97 Å². The van der Waals surface area contributed by atoms with Crippen LogP contribution in [-0.4, -0.2) is 68.3 Å². The third kappa shape index (κ3) is 5.89. The lowest BCUT2D eigenvalue weighted by molar-refractivity contribution is -0.0591. The Morgan fingerprint density at radius 2 is 2.08 bits per heavy atom. The number of halogens is 2. The smallest absolute Gasteiger partial charge is 0.346 e. The highest BCUT2D eigenvalue weighted by Crippen LogP contribution is 2.32. The van der Waals surface area contributed by atoms with Crippen molar-refractivity contribution in [2.24, 2.45) is 0 Å². The topological polar surface area (TPSA) is 89.7 Å². The second-order valence-corrected chi connectivity index (χ2v) is 11.9. The Kier molecular flexibility index (Phi) is 7.70. The molecular weight excluding hydrogens is 543 g/mol. The Balaban J connectivity index is 1.08. The van der Waals surface area contributed by atoms with Gasteiger partial charge < -0.3 is 19.1 Å². The van der Waals surface area contributed by atoms with E-state index >= 15 is 0 Å². The standard InChI is InChI=1S/C28H30ClFN4O4S/c29-19-5-4-18(21(30)12-19)16-38-26-3-1-2-22(32-26)17-6-9-33(10-7-17)15-25-31-23-13-24(28(35)36)39-27(23)34(25)14-20-8-11-37-20/h1-4,12-13,17,19-20H,5-11,14-16H2,(H,35,36). The number of carbonyl (C=O) groups is 1. The molecule has 39 heavy (non-hydrogen) atoms. The number of piperidine rings is 1. The third-order valence-electron chi connectivity index (χ3n) is 7.61. The SMILES string of the molecule is O=C(O)c1cc2nc(CN3CCC(c4cccc(OCC5=CCC(Cl)C=C5F)n4)CC3)n(CC3CCO3)c2s1. The van der Waals surface area contributed by atoms with Crippen LogP contribution < -0.4 is 4.74 Å². The Labute approximate surface area is 234 Å². The molecule has 206 valence electrons. The van der Waals surface area contributed by atoms with Gasteiger partial charge in [0.25, 0.3) is 0 Å². The summed E-state index contributed by atoms with van der Waals surface area (Å²) in [5, 5.41) is 9.11. The number of nitrogens with zero attached hydrogens (tertiary/aromatic N) is 4. The quantitative estimate of drug-likeness (QED) is 0.337. The first-order valence-electron chi connectivity index (χ1n) is 13.3. The molecule has 2 fully saturated rings. The van der Waals surface area contributed by atoms with Crippen molar-refractivity contribution in [3.05, 3.63) is 64.2 Å². The van der Waals surface area contributed by atoms with Crippen LogP contribution in [0.1, 0.15) is 52.8 Å². The molecule has 11 heteroatoms. The molecule has 3 aromatic rings. The van der Waals surface area contributed by atoms with Crippen molar-refractivity contribution < 1.29 is 23.8 Å². The molecule has 1 aliphatic carbocycles. The molecule has 1 N–H and O–H groups in total. The lowest BCUT2D eigenvalue weighted by atomic mass is 9.93. The van der Waals surface area contributed by atoms with Crippen LogP contribution in [0.3, 0.4) is 0 Å². The van der Waals surface area contributed by atoms with Gasteiger partial charge in [0.15, 0.2) is 0 Å². The van der Waals surface area contributed by atoms with Gasteiger partial charge in [0.2, 0.25) is 5.88 Å². The first-order valence-corrected chi connectivity index (χ1v) is 14.5. The number of thiophene rings is 1. The van der Waals surface area contributed by atoms with E-state index in [1.807, 2.05) is 12.1 Å². The normalized spacial score (nSPS) is 22.4. The van der Waals surface area contributed by atoms with E-state index in [0.29, 0.717) is 41.8 Å². The Hall–Kier alpha value is -2.79. The van der Waals surface area contributed by atoms with Crippen molar-refractivity contribution in [2.45, 2.75) is 56.2 Å². The molecule has 2 atom stereocenters. The van der Waals surface area contributed by atoms with Crippen LogP contribution in [-0.2, 0) is 17.8 Å². The van der Waals surface area contributed by atoms with Crippen LogP contribution in [0.15, 0.2) is 47.8 Å². The average Bonchev–Trinajstić information content (AvgIpc) is 3.45. The van der Waals surface area contributed by atoms with Gasteiger partial charge in [-0.05, 0) is 57.0 Å². The van der Waals surface area contributed by atoms with Gasteiger partial charge in [-0.1, -0.05) is 12.1 Å². The number of alkyl halides is 1. The first kappa shape index (κ1) is 26.4. The fourth-order valence-electron chi connectivity index (χ4n) is 5.30. The molecule has 0 aromatic carbocycles. The molecule has 2 unspecified atom stereocenters. The number of likely N-dealkylation sites (tertiary alicyclic amines) is 1. The van der Waals surface area contributed by atoms with Gasteiger partial charge in [0.05, 0.1) is 24.6 Å². The molecule has 0 bridgehead atoms. The number of fused-ring (bicyclic) bond motifs is 1. The van der Waals surface area contributed by atoms with E-state index in [0.717, 1.165) is 60.8 Å². The summed E-state index contributed by atoms with van der Waals surface area (Å²) in [6, 6.07) is 7.45. The van der Waals surface area contributed by atoms with E-state index in [-0.39, 0.29) is 23.9 Å². The summed E-state index contributed by atoms with van der Waals surface area (Å²) in [5.41, 5.74) is 2.24. The zero-order valence-electron chi connectivity index (χ0n) is 21.4. The third-order valence-corrected chi connectivity index (χ3v) is 9.04. The molecule has 3 aromatic heterocycles. The van der Waals surface area contributed by atoms with Gasteiger partial charge in [-0.2, -0.15) is 0 Å². The van der Waals surface area contributed by atoms with Crippen molar-refractivity contribution in [1.29, 1.82) is 0 Å². The number of aromatic carboxylic acids is 1. The Bertz CT molecular complexity index is 1420. The number of hydrogen-bond acceptors (Lipinski definition) is 7. The van der Waals surface area contributed by atoms with Gasteiger partial charge in [-0.3, -0.25) is 4.90 Å². The molecule has 2 aliphatic heterocycles. The highest BCUT2D eigenvalue weighted by molar-refractivity contribution is 7.20. The van der Waals surface area contributed by atoms with Crippen LogP contribution in [0, 0.1) is 0 Å². The van der Waals surface area contributed by atoms with E-state index in [1.54, 1.807) is 18.2 Å². The second-order valence-electron chi connectivity index (χ2n) is 10.3. The van der Waals surface area contributed by atoms with Gasteiger partial charge >= 0.3 is 5.97 Å². The lowest BCUT2D eigenvalue weighted by Crippen LogP contribution is -2.35. The summed E-state index contributed by atoms with van der Waals surface area (Å²) in [4.78, 5) is 24.6. The van der Waals surface area contributed by atoms with Crippen molar-refractivity contribution in [3.63, 3.8) is 0 Å². The molecule has 0 radical (unpaired) electrons. The maximum atomic E-state index is 14.1. The highest BCUT2D eigenvalue weighted by atomic mass is 35.5. The van der Waals surface area contributed by atoms with Crippen LogP contribution in [0.4, 0.5) is 4.39 Å². The summed E-state index contributed by atoms with van der Waals surface area (Å²) in [5.74, 6) is 0.521. The van der Waals surface area contributed by atoms with Crippen molar-refractivity contribution in [3.8, 4) is 5.88 Å². The molecule has 5 heterocycles. The molecule has 8 nitrogen and oxygen atoms in total. The number of rotatable bonds is 9. The number of hydrogen-bond donors (Lipinski definition) is 1. The fourth-order valence-corrected chi connectivity index (χ4v) is 6.46. The Morgan fingerprint density at radius 3 is 2.79 bits per heavy atom. The molecule has 0 amide bonds. The lowest BCUT2D eigenvalue weighted by Gasteiger charge is -2.32. The minimum Gasteiger partial charge on any atom is -0.477 e. The molecule has 3 aliphatic rings. The van der Waals surface area contributed by atoms with E-state index in [2.05, 4.69) is 9.47 Å². The summed E-state index contributed by atoms with van der Waals surface area (Å²) >= 11 is 7.25. The van der Waals surface area contributed by atoms with Crippen LogP contribution >= 0.6 is 22.9 Å². The summed E-state index contributed by atoms with van der Waals surface area (Å²) in [6.07, 6.45) is 6.88. The molecule has 2 saturated heterocycles. The first-order chi connectivity index (χ1) is 18.9. The number of aromatic nitrogens is 3. The predicted molar refractivity (Wildman–Crippen MR) is 147 cm³/mol. The van der Waals surface area contributed by atoms with Crippen LogP contribution in [0.5, 0.6) is 5.88 Å². The largest absolute Gasteiger partial charge is 0.477 e. The zero-order chi connectivity index (χ0) is 26.9. The van der Waals surface area contributed by atoms with Crippen LogP contribution in [0.25, 0.3) is 10.3 Å². The maximum absolute atomic E-state index is 14.1. The van der Waals surface area contributed by atoms with Gasteiger partial charge in [0.1, 0.15) is 33.5 Å². The number of carboxylic acids is 1. The highest BCUT2D eigenvalue weighted by Gasteiger charge is 2.27. The summed E-state index contributed by atoms with van der Waals surface area (Å²) < 4.78 is 27.8. The number of pyridine rings is 1. The summed E-state index contributed by atoms with van der Waals surface area (Å²) in [6.45, 7) is 4.11. The molecular formula is C28H30ClFN4O4S. The minimum atomic E-state index is -0.921. The fraction of sp³-hybridized carbons (Fsp3) is 0.464. The zero-order valence-corrected chi connectivity index (χ0v) is 23.0. The van der Waals surface area contributed by atoms with Gasteiger partial charge in [-0.15, -0.1) is 22.9 Å². The molecule has 0 spiro atoms. The number of carboxylic acid groups (broad SMARTS) is 1. The van der Waals surface area contributed by atoms with Gasteiger partial charge in [-0.25, -0.2) is 19.2 Å². The minimum absolute atomic E-state index is 0.130. The second kappa shape index (κ2) is 11.4. The summed E-state index contributed by atoms with van der Waals surface area (Å²) in [7, 11) is 0. The van der Waals surface area contributed by atoms with Gasteiger partial charge in [0, 0.05) is 29.9 Å². The number of imidazole rings is 1. The molecule has 0 saturated carbocycles.